The van der Waals surface area contributed by atoms with Crippen molar-refractivity contribution in [2.45, 2.75) is 81.7 Å². The standard InChI is InChI=1S/C17H32NO7PS/c1-2-3-4-5-6-7-9-24-26(22,23)10-8-13-18-14-16(21)15(20)12(11-19)25-17(14)27-13/h12,14-17,19-21H,2-11H2,1H3,(H,22,23)/t12-,14?,15-,16-,17+/m1/s1. The third-order valence-electron chi connectivity index (χ3n) is 4.79. The van der Waals surface area contributed by atoms with Gasteiger partial charge in [0.25, 0.3) is 0 Å². The van der Waals surface area contributed by atoms with Crippen LogP contribution in [0, 0.1) is 0 Å². The van der Waals surface area contributed by atoms with Gasteiger partial charge in [0, 0.05) is 6.42 Å². The van der Waals surface area contributed by atoms with Gasteiger partial charge in [-0.25, -0.2) is 0 Å². The average molecular weight is 425 g/mol. The first kappa shape index (κ1) is 23.3. The molecule has 6 atom stereocenters. The molecule has 0 saturated carbocycles. The Hall–Kier alpha value is 0.0100. The molecule has 158 valence electrons. The van der Waals surface area contributed by atoms with Crippen LogP contribution >= 0.6 is 19.4 Å². The molecule has 0 spiro atoms. The van der Waals surface area contributed by atoms with E-state index in [-0.39, 0.29) is 19.2 Å². The van der Waals surface area contributed by atoms with E-state index in [1.165, 1.54) is 31.0 Å². The number of nitrogens with zero attached hydrogens (tertiary/aromatic N) is 1. The fourth-order valence-electron chi connectivity index (χ4n) is 3.15. The van der Waals surface area contributed by atoms with Crippen molar-refractivity contribution in [1.29, 1.82) is 0 Å². The summed E-state index contributed by atoms with van der Waals surface area (Å²) in [4.78, 5) is 14.3. The Morgan fingerprint density at radius 3 is 2.59 bits per heavy atom. The monoisotopic (exact) mass is 425 g/mol. The van der Waals surface area contributed by atoms with Crippen LogP contribution in [0.5, 0.6) is 0 Å². The van der Waals surface area contributed by atoms with E-state index < -0.39 is 44.0 Å². The van der Waals surface area contributed by atoms with Crippen LogP contribution in [0.3, 0.4) is 0 Å². The maximum absolute atomic E-state index is 12.2. The lowest BCUT2D eigenvalue weighted by Crippen LogP contribution is -2.55. The summed E-state index contributed by atoms with van der Waals surface area (Å²) in [6.07, 6.45) is 3.49. The highest BCUT2D eigenvalue weighted by Crippen LogP contribution is 2.45. The van der Waals surface area contributed by atoms with Gasteiger partial charge in [0.05, 0.1) is 24.4 Å². The van der Waals surface area contributed by atoms with Crippen molar-refractivity contribution >= 4 is 24.4 Å². The summed E-state index contributed by atoms with van der Waals surface area (Å²) in [6.45, 7) is 2.04. The van der Waals surface area contributed by atoms with Crippen LogP contribution in [0.15, 0.2) is 4.99 Å². The highest BCUT2D eigenvalue weighted by atomic mass is 32.2. The van der Waals surface area contributed by atoms with Gasteiger partial charge < -0.3 is 29.5 Å². The summed E-state index contributed by atoms with van der Waals surface area (Å²) >= 11 is 1.26. The van der Waals surface area contributed by atoms with E-state index in [4.69, 9.17) is 9.26 Å². The quantitative estimate of drug-likeness (QED) is 0.276. The van der Waals surface area contributed by atoms with E-state index in [9.17, 15) is 24.8 Å². The lowest BCUT2D eigenvalue weighted by molar-refractivity contribution is -0.164. The van der Waals surface area contributed by atoms with Crippen molar-refractivity contribution in [3.05, 3.63) is 0 Å². The maximum Gasteiger partial charge on any atom is 0.328 e. The Morgan fingerprint density at radius 1 is 1.19 bits per heavy atom. The lowest BCUT2D eigenvalue weighted by atomic mass is 9.99. The zero-order chi connectivity index (χ0) is 19.9. The van der Waals surface area contributed by atoms with E-state index in [0.29, 0.717) is 5.04 Å². The molecule has 10 heteroatoms. The minimum absolute atomic E-state index is 0.0455. The topological polar surface area (TPSA) is 129 Å². The predicted octanol–water partition coefficient (Wildman–Crippen LogP) is 1.89. The summed E-state index contributed by atoms with van der Waals surface area (Å²) in [5.74, 6) is 0. The van der Waals surface area contributed by atoms with Crippen molar-refractivity contribution in [2.24, 2.45) is 4.99 Å². The average Bonchev–Trinajstić information content (AvgIpc) is 3.05. The molecule has 0 aromatic carbocycles. The first-order valence-electron chi connectivity index (χ1n) is 9.70. The van der Waals surface area contributed by atoms with Crippen molar-refractivity contribution in [3.8, 4) is 0 Å². The summed E-state index contributed by atoms with van der Waals surface area (Å²) in [5, 5.41) is 29.8. The number of ether oxygens (including phenoxy) is 1. The normalized spacial score (nSPS) is 32.8. The zero-order valence-electron chi connectivity index (χ0n) is 15.8. The molecule has 1 saturated heterocycles. The number of thioether (sulfide) groups is 1. The Morgan fingerprint density at radius 2 is 1.89 bits per heavy atom. The van der Waals surface area contributed by atoms with Gasteiger partial charge in [0.2, 0.25) is 0 Å². The van der Waals surface area contributed by atoms with Crippen molar-refractivity contribution in [1.82, 2.24) is 0 Å². The van der Waals surface area contributed by atoms with Crippen molar-refractivity contribution in [3.63, 3.8) is 0 Å². The molecule has 2 rings (SSSR count). The minimum Gasteiger partial charge on any atom is -0.394 e. The highest BCUT2D eigenvalue weighted by Gasteiger charge is 2.47. The Labute approximate surface area is 164 Å². The molecular formula is C17H32NO7PS. The number of unbranched alkanes of at least 4 members (excludes halogenated alkanes) is 5. The molecule has 27 heavy (non-hydrogen) atoms. The molecule has 0 radical (unpaired) electrons. The smallest absolute Gasteiger partial charge is 0.328 e. The Bertz CT molecular complexity index is 535. The summed E-state index contributed by atoms with van der Waals surface area (Å²) in [6, 6.07) is -0.634. The second kappa shape index (κ2) is 11.3. The van der Waals surface area contributed by atoms with Crippen molar-refractivity contribution in [2.75, 3.05) is 19.4 Å². The summed E-state index contributed by atoms with van der Waals surface area (Å²) < 4.78 is 22.9. The van der Waals surface area contributed by atoms with Gasteiger partial charge in [-0.15, -0.1) is 0 Å². The van der Waals surface area contributed by atoms with E-state index in [0.717, 1.165) is 19.3 Å². The Kier molecular flexibility index (Phi) is 9.71. The molecule has 0 aromatic heterocycles. The van der Waals surface area contributed by atoms with E-state index in [1.54, 1.807) is 0 Å². The van der Waals surface area contributed by atoms with Crippen LogP contribution in [0.4, 0.5) is 0 Å². The van der Waals surface area contributed by atoms with Gasteiger partial charge >= 0.3 is 7.60 Å². The lowest BCUT2D eigenvalue weighted by Gasteiger charge is -2.37. The predicted molar refractivity (Wildman–Crippen MR) is 105 cm³/mol. The van der Waals surface area contributed by atoms with E-state index >= 15 is 0 Å². The Balaban J connectivity index is 1.70. The van der Waals surface area contributed by atoms with Crippen molar-refractivity contribution < 1.29 is 34.0 Å². The van der Waals surface area contributed by atoms with Crippen LogP contribution in [-0.2, 0) is 13.8 Å². The van der Waals surface area contributed by atoms with Gasteiger partial charge in [0.1, 0.15) is 29.8 Å². The maximum atomic E-state index is 12.2. The molecule has 0 aliphatic carbocycles. The molecule has 1 fully saturated rings. The van der Waals surface area contributed by atoms with Crippen LogP contribution in [-0.4, -0.2) is 74.4 Å². The fraction of sp³-hybridized carbons (Fsp3) is 0.941. The van der Waals surface area contributed by atoms with Crippen LogP contribution < -0.4 is 0 Å². The zero-order valence-corrected chi connectivity index (χ0v) is 17.5. The first-order valence-corrected chi connectivity index (χ1v) is 12.3. The van der Waals surface area contributed by atoms with Gasteiger partial charge in [-0.05, 0) is 6.42 Å². The molecular weight excluding hydrogens is 393 g/mol. The molecule has 4 N–H and O–H groups in total. The molecule has 8 nitrogen and oxygen atoms in total. The number of aliphatic imine (C=N–C) groups is 1. The largest absolute Gasteiger partial charge is 0.394 e. The molecule has 2 heterocycles. The number of aliphatic hydroxyl groups excluding tert-OH is 3. The minimum atomic E-state index is -3.68. The van der Waals surface area contributed by atoms with Gasteiger partial charge in [-0.2, -0.15) is 0 Å². The molecule has 2 aliphatic rings. The van der Waals surface area contributed by atoms with Gasteiger partial charge in [-0.3, -0.25) is 9.56 Å². The number of fused-ring (bicyclic) bond motifs is 1. The number of rotatable bonds is 12. The molecule has 0 bridgehead atoms. The number of hydrogen-bond donors (Lipinski definition) is 4. The van der Waals surface area contributed by atoms with Crippen LogP contribution in [0.1, 0.15) is 51.9 Å². The molecule has 0 amide bonds. The highest BCUT2D eigenvalue weighted by molar-refractivity contribution is 8.14. The summed E-state index contributed by atoms with van der Waals surface area (Å²) in [5.41, 5.74) is -0.502. The molecule has 0 aromatic rings. The van der Waals surface area contributed by atoms with Gasteiger partial charge in [0.15, 0.2) is 0 Å². The third-order valence-corrected chi connectivity index (χ3v) is 7.37. The van der Waals surface area contributed by atoms with E-state index in [1.807, 2.05) is 0 Å². The second-order valence-electron chi connectivity index (χ2n) is 7.05. The third kappa shape index (κ3) is 7.08. The SMILES string of the molecule is CCCCCCCCOP(=O)(O)CCC1=NC2[C@@H](O)[C@H](O)[C@@H](CO)O[C@H]2S1. The van der Waals surface area contributed by atoms with Crippen LogP contribution in [0.25, 0.3) is 0 Å². The molecule has 2 unspecified atom stereocenters. The summed E-state index contributed by atoms with van der Waals surface area (Å²) in [7, 11) is -3.68. The van der Waals surface area contributed by atoms with Crippen LogP contribution in [0.2, 0.25) is 0 Å². The first-order chi connectivity index (χ1) is 12.9. The number of aliphatic hydroxyl groups is 3. The van der Waals surface area contributed by atoms with Gasteiger partial charge in [-0.1, -0.05) is 50.8 Å². The second-order valence-corrected chi connectivity index (χ2v) is 10.2. The molecule has 2 aliphatic heterocycles. The fourth-order valence-corrected chi connectivity index (χ4v) is 5.57. The number of hydrogen-bond acceptors (Lipinski definition) is 8. The van der Waals surface area contributed by atoms with E-state index in [2.05, 4.69) is 11.9 Å².